The number of ether oxygens (including phenoxy) is 2. The maximum absolute atomic E-state index is 5.43. The van der Waals surface area contributed by atoms with Gasteiger partial charge in [0.15, 0.2) is 5.96 Å². The van der Waals surface area contributed by atoms with Crippen LogP contribution in [0.4, 0.5) is 0 Å². The van der Waals surface area contributed by atoms with Crippen LogP contribution in [-0.2, 0) is 13.1 Å². The zero-order valence-corrected chi connectivity index (χ0v) is 16.2. The van der Waals surface area contributed by atoms with Gasteiger partial charge >= 0.3 is 0 Å². The minimum atomic E-state index is 0.574. The average Bonchev–Trinajstić information content (AvgIpc) is 3.29. The van der Waals surface area contributed by atoms with E-state index in [0.717, 1.165) is 28.4 Å². The average molecular weight is 380 g/mol. The van der Waals surface area contributed by atoms with E-state index in [9.17, 15) is 0 Å². The van der Waals surface area contributed by atoms with E-state index < -0.39 is 0 Å². The molecule has 0 atom stereocenters. The van der Waals surface area contributed by atoms with Gasteiger partial charge in [0.2, 0.25) is 0 Å². The van der Waals surface area contributed by atoms with E-state index in [1.54, 1.807) is 33.8 Å². The largest absolute Gasteiger partial charge is 0.497 e. The SMILES string of the molecule is CN=C(NCc1ccc(-n2ccnc2)nc1)NCc1ccc(OC)cc1OC. The van der Waals surface area contributed by atoms with E-state index >= 15 is 0 Å². The lowest BCUT2D eigenvalue weighted by Gasteiger charge is -2.14. The fraction of sp³-hybridized carbons (Fsp3) is 0.250. The van der Waals surface area contributed by atoms with Crippen LogP contribution in [0.25, 0.3) is 5.82 Å². The molecule has 0 bridgehead atoms. The minimum Gasteiger partial charge on any atom is -0.497 e. The van der Waals surface area contributed by atoms with Crippen molar-refractivity contribution in [3.63, 3.8) is 0 Å². The first-order valence-electron chi connectivity index (χ1n) is 8.82. The maximum atomic E-state index is 5.43. The van der Waals surface area contributed by atoms with Crippen molar-refractivity contribution in [3.05, 3.63) is 66.4 Å². The summed E-state index contributed by atoms with van der Waals surface area (Å²) in [6.07, 6.45) is 7.14. The Kier molecular flexibility index (Phi) is 6.46. The van der Waals surface area contributed by atoms with Crippen LogP contribution in [-0.4, -0.2) is 41.8 Å². The first kappa shape index (κ1) is 19.2. The van der Waals surface area contributed by atoms with Crippen LogP contribution in [0.15, 0.2) is 60.2 Å². The van der Waals surface area contributed by atoms with E-state index in [0.29, 0.717) is 19.0 Å². The second-order valence-electron chi connectivity index (χ2n) is 5.95. The molecule has 2 heterocycles. The Bertz CT molecular complexity index is 907. The molecule has 3 aromatic rings. The zero-order chi connectivity index (χ0) is 19.8. The summed E-state index contributed by atoms with van der Waals surface area (Å²) in [6, 6.07) is 9.72. The fourth-order valence-corrected chi connectivity index (χ4v) is 2.65. The van der Waals surface area contributed by atoms with Crippen molar-refractivity contribution in [2.75, 3.05) is 21.3 Å². The standard InChI is InChI=1S/C20H24N6O2/c1-21-20(25-13-16-5-6-17(27-2)10-18(16)28-3)24-12-15-4-7-19(23-11-15)26-9-8-22-14-26/h4-11,14H,12-13H2,1-3H3,(H2,21,24,25). The van der Waals surface area contributed by atoms with E-state index in [1.165, 1.54) is 0 Å². The van der Waals surface area contributed by atoms with Gasteiger partial charge in [-0.2, -0.15) is 0 Å². The number of benzene rings is 1. The fourth-order valence-electron chi connectivity index (χ4n) is 2.65. The third kappa shape index (κ3) is 4.79. The third-order valence-electron chi connectivity index (χ3n) is 4.20. The van der Waals surface area contributed by atoms with E-state index in [1.807, 2.05) is 47.3 Å². The normalized spacial score (nSPS) is 11.2. The molecule has 2 aromatic heterocycles. The topological polar surface area (TPSA) is 85.6 Å². The van der Waals surface area contributed by atoms with Crippen LogP contribution in [0.5, 0.6) is 11.5 Å². The number of rotatable bonds is 7. The number of hydrogen-bond acceptors (Lipinski definition) is 5. The van der Waals surface area contributed by atoms with Crippen LogP contribution in [0, 0.1) is 0 Å². The van der Waals surface area contributed by atoms with Crippen molar-refractivity contribution in [1.29, 1.82) is 0 Å². The van der Waals surface area contributed by atoms with Crippen LogP contribution in [0.2, 0.25) is 0 Å². The predicted molar refractivity (Wildman–Crippen MR) is 108 cm³/mol. The van der Waals surface area contributed by atoms with Crippen LogP contribution in [0.1, 0.15) is 11.1 Å². The molecule has 28 heavy (non-hydrogen) atoms. The quantitative estimate of drug-likeness (QED) is 0.483. The third-order valence-corrected chi connectivity index (χ3v) is 4.20. The molecule has 3 rings (SSSR count). The summed E-state index contributed by atoms with van der Waals surface area (Å²) in [7, 11) is 5.02. The molecule has 1 aromatic carbocycles. The lowest BCUT2D eigenvalue weighted by atomic mass is 10.2. The van der Waals surface area contributed by atoms with Crippen molar-refractivity contribution in [2.45, 2.75) is 13.1 Å². The molecule has 146 valence electrons. The molecular weight excluding hydrogens is 356 g/mol. The Morgan fingerprint density at radius 2 is 1.96 bits per heavy atom. The number of aliphatic imine (C=N–C) groups is 1. The van der Waals surface area contributed by atoms with Gasteiger partial charge in [-0.1, -0.05) is 6.07 Å². The molecule has 0 aliphatic rings. The Morgan fingerprint density at radius 3 is 2.61 bits per heavy atom. The molecule has 0 fully saturated rings. The zero-order valence-electron chi connectivity index (χ0n) is 16.2. The van der Waals surface area contributed by atoms with Crippen molar-refractivity contribution < 1.29 is 9.47 Å². The smallest absolute Gasteiger partial charge is 0.191 e. The maximum Gasteiger partial charge on any atom is 0.191 e. The predicted octanol–water partition coefficient (Wildman–Crippen LogP) is 2.15. The highest BCUT2D eigenvalue weighted by Crippen LogP contribution is 2.24. The molecule has 0 radical (unpaired) electrons. The van der Waals surface area contributed by atoms with E-state index in [-0.39, 0.29) is 0 Å². The van der Waals surface area contributed by atoms with E-state index in [4.69, 9.17) is 9.47 Å². The molecule has 0 aliphatic carbocycles. The lowest BCUT2D eigenvalue weighted by Crippen LogP contribution is -2.36. The number of aromatic nitrogens is 3. The van der Waals surface area contributed by atoms with Crippen molar-refractivity contribution in [1.82, 2.24) is 25.2 Å². The van der Waals surface area contributed by atoms with Crippen LogP contribution in [0.3, 0.4) is 0 Å². The molecule has 0 unspecified atom stereocenters. The number of pyridine rings is 1. The van der Waals surface area contributed by atoms with Gasteiger partial charge in [0.25, 0.3) is 0 Å². The Morgan fingerprint density at radius 1 is 1.11 bits per heavy atom. The number of nitrogens with one attached hydrogen (secondary N) is 2. The summed E-state index contributed by atoms with van der Waals surface area (Å²) < 4.78 is 12.5. The van der Waals surface area contributed by atoms with Gasteiger partial charge in [0, 0.05) is 50.4 Å². The summed E-state index contributed by atoms with van der Waals surface area (Å²) in [5.41, 5.74) is 2.06. The molecule has 0 aliphatic heterocycles. The molecule has 0 saturated carbocycles. The van der Waals surface area contributed by atoms with Gasteiger partial charge in [0.1, 0.15) is 23.6 Å². The molecule has 2 N–H and O–H groups in total. The Balaban J connectivity index is 1.55. The van der Waals surface area contributed by atoms with Gasteiger partial charge in [-0.3, -0.25) is 9.56 Å². The van der Waals surface area contributed by atoms with Gasteiger partial charge in [-0.05, 0) is 23.8 Å². The highest BCUT2D eigenvalue weighted by molar-refractivity contribution is 5.79. The summed E-state index contributed by atoms with van der Waals surface area (Å²) in [5, 5.41) is 6.57. The first-order valence-corrected chi connectivity index (χ1v) is 8.82. The number of hydrogen-bond donors (Lipinski definition) is 2. The van der Waals surface area contributed by atoms with Gasteiger partial charge in [-0.15, -0.1) is 0 Å². The van der Waals surface area contributed by atoms with E-state index in [2.05, 4.69) is 25.6 Å². The second kappa shape index (κ2) is 9.40. The molecule has 8 nitrogen and oxygen atoms in total. The number of methoxy groups -OCH3 is 2. The highest BCUT2D eigenvalue weighted by Gasteiger charge is 2.06. The van der Waals surface area contributed by atoms with Crippen molar-refractivity contribution in [2.24, 2.45) is 4.99 Å². The number of imidazole rings is 1. The Hall–Kier alpha value is -3.55. The molecule has 0 amide bonds. The monoisotopic (exact) mass is 380 g/mol. The first-order chi connectivity index (χ1) is 13.7. The molecule has 0 spiro atoms. The molecule has 8 heteroatoms. The van der Waals surface area contributed by atoms with Crippen molar-refractivity contribution in [3.8, 4) is 17.3 Å². The molecular formula is C20H24N6O2. The van der Waals surface area contributed by atoms with Gasteiger partial charge in [-0.25, -0.2) is 9.97 Å². The second-order valence-corrected chi connectivity index (χ2v) is 5.95. The lowest BCUT2D eigenvalue weighted by molar-refractivity contribution is 0.390. The summed E-state index contributed by atoms with van der Waals surface area (Å²) in [6.45, 7) is 1.18. The summed E-state index contributed by atoms with van der Waals surface area (Å²) in [4.78, 5) is 12.7. The van der Waals surface area contributed by atoms with Gasteiger partial charge in [0.05, 0.1) is 14.2 Å². The summed E-state index contributed by atoms with van der Waals surface area (Å²) >= 11 is 0. The van der Waals surface area contributed by atoms with Crippen molar-refractivity contribution >= 4 is 5.96 Å². The van der Waals surface area contributed by atoms with Gasteiger partial charge < -0.3 is 20.1 Å². The molecule has 0 saturated heterocycles. The summed E-state index contributed by atoms with van der Waals surface area (Å²) in [5.74, 6) is 3.04. The number of nitrogens with zero attached hydrogens (tertiary/aromatic N) is 4. The highest BCUT2D eigenvalue weighted by atomic mass is 16.5. The minimum absolute atomic E-state index is 0.574. The number of guanidine groups is 1. The van der Waals surface area contributed by atoms with Crippen LogP contribution < -0.4 is 20.1 Å². The Labute approximate surface area is 164 Å². The van der Waals surface area contributed by atoms with Crippen LogP contribution >= 0.6 is 0 Å².